The second kappa shape index (κ2) is 4.93. The number of aliphatic hydroxyl groups excluding tert-OH is 1. The third-order valence-corrected chi connectivity index (χ3v) is 4.22. The lowest BCUT2D eigenvalue weighted by Gasteiger charge is -2.20. The van der Waals surface area contributed by atoms with Crippen LogP contribution < -0.4 is 0 Å². The molecule has 0 aromatic heterocycles. The van der Waals surface area contributed by atoms with E-state index in [2.05, 4.69) is 0 Å². The van der Waals surface area contributed by atoms with Crippen molar-refractivity contribution in [3.05, 3.63) is 35.6 Å². The van der Waals surface area contributed by atoms with E-state index in [4.69, 9.17) is 0 Å². The summed E-state index contributed by atoms with van der Waals surface area (Å²) >= 11 is 0. The molecule has 0 saturated carbocycles. The highest BCUT2D eigenvalue weighted by Gasteiger charge is 2.29. The molecule has 0 amide bonds. The van der Waals surface area contributed by atoms with Gasteiger partial charge >= 0.3 is 0 Å². The van der Waals surface area contributed by atoms with Crippen molar-refractivity contribution in [2.24, 2.45) is 0 Å². The van der Waals surface area contributed by atoms with E-state index in [9.17, 15) is 17.9 Å². The fraction of sp³-hybridized carbons (Fsp3) is 0.455. The molecule has 1 aromatic rings. The number of rotatable bonds is 4. The van der Waals surface area contributed by atoms with Gasteiger partial charge in [0.25, 0.3) is 0 Å². The third kappa shape index (κ3) is 2.80. The summed E-state index contributed by atoms with van der Waals surface area (Å²) in [6, 6.07) is 5.66. The number of halogens is 1. The summed E-state index contributed by atoms with van der Waals surface area (Å²) < 4.78 is 36.2. The van der Waals surface area contributed by atoms with Crippen LogP contribution >= 0.6 is 0 Å². The molecule has 16 heavy (non-hydrogen) atoms. The summed E-state index contributed by atoms with van der Waals surface area (Å²) in [6.07, 6.45) is -0.0271. The Kier molecular flexibility index (Phi) is 4.04. The van der Waals surface area contributed by atoms with Crippen LogP contribution in [0, 0.1) is 5.82 Å². The van der Waals surface area contributed by atoms with Gasteiger partial charge in [-0.25, -0.2) is 12.8 Å². The largest absolute Gasteiger partial charge is 0.387 e. The van der Waals surface area contributed by atoms with Crippen LogP contribution in [-0.2, 0) is 9.84 Å². The fourth-order valence-corrected chi connectivity index (χ4v) is 2.90. The first-order valence-electron chi connectivity index (χ1n) is 4.99. The minimum atomic E-state index is -3.40. The number of hydrogen-bond acceptors (Lipinski definition) is 3. The molecule has 0 fully saturated rings. The van der Waals surface area contributed by atoms with E-state index in [0.717, 1.165) is 6.26 Å². The van der Waals surface area contributed by atoms with Crippen molar-refractivity contribution in [3.8, 4) is 0 Å². The maximum Gasteiger partial charge on any atom is 0.153 e. The topological polar surface area (TPSA) is 54.4 Å². The second-order valence-corrected chi connectivity index (χ2v) is 6.01. The summed E-state index contributed by atoms with van der Waals surface area (Å²) in [5.41, 5.74) is 0.0276. The molecule has 0 radical (unpaired) electrons. The van der Waals surface area contributed by atoms with Crippen LogP contribution in [0.2, 0.25) is 0 Å². The molecule has 5 heteroatoms. The van der Waals surface area contributed by atoms with Crippen LogP contribution in [-0.4, -0.2) is 25.0 Å². The van der Waals surface area contributed by atoms with E-state index >= 15 is 0 Å². The summed E-state index contributed by atoms with van der Waals surface area (Å²) in [4.78, 5) is 0. The summed E-state index contributed by atoms with van der Waals surface area (Å²) in [7, 11) is -3.40. The first-order valence-corrected chi connectivity index (χ1v) is 6.94. The maximum atomic E-state index is 13.4. The Morgan fingerprint density at radius 1 is 1.38 bits per heavy atom. The standard InChI is InChI=1S/C11H15FO3S/c1-3-10(16(2,14)15)11(13)8-6-4-5-7-9(8)12/h4-7,10-11,13H,3H2,1-2H3/t10-,11-/m1/s1. The average Bonchev–Trinajstić information content (AvgIpc) is 2.17. The SMILES string of the molecule is CC[C@H]([C@H](O)c1ccccc1F)S(C)(=O)=O. The zero-order valence-corrected chi connectivity index (χ0v) is 10.0. The summed E-state index contributed by atoms with van der Waals surface area (Å²) in [6.45, 7) is 1.65. The van der Waals surface area contributed by atoms with Crippen molar-refractivity contribution >= 4 is 9.84 Å². The van der Waals surface area contributed by atoms with Crippen molar-refractivity contribution in [3.63, 3.8) is 0 Å². The number of aliphatic hydroxyl groups is 1. The number of hydrogen-bond donors (Lipinski definition) is 1. The Balaban J connectivity index is 3.10. The van der Waals surface area contributed by atoms with Crippen molar-refractivity contribution in [1.82, 2.24) is 0 Å². The van der Waals surface area contributed by atoms with Gasteiger partial charge in [-0.05, 0) is 12.5 Å². The number of benzene rings is 1. The van der Waals surface area contributed by atoms with Crippen LogP contribution in [0.25, 0.3) is 0 Å². The molecule has 1 rings (SSSR count). The molecule has 1 aromatic carbocycles. The van der Waals surface area contributed by atoms with Crippen molar-refractivity contribution < 1.29 is 17.9 Å². The van der Waals surface area contributed by atoms with Gasteiger partial charge in [-0.15, -0.1) is 0 Å². The predicted octanol–water partition coefficient (Wildman–Crippen LogP) is 1.68. The number of sulfone groups is 1. The van der Waals surface area contributed by atoms with Crippen LogP contribution in [0.3, 0.4) is 0 Å². The zero-order valence-electron chi connectivity index (χ0n) is 9.22. The lowest BCUT2D eigenvalue weighted by Crippen LogP contribution is -2.27. The zero-order chi connectivity index (χ0) is 12.3. The van der Waals surface area contributed by atoms with E-state index < -0.39 is 27.0 Å². The van der Waals surface area contributed by atoms with Gasteiger partial charge in [-0.2, -0.15) is 0 Å². The molecule has 0 aliphatic rings. The summed E-state index contributed by atoms with van der Waals surface area (Å²) in [5, 5.41) is 8.91. The highest BCUT2D eigenvalue weighted by Crippen LogP contribution is 2.25. The molecule has 2 atom stereocenters. The first-order chi connectivity index (χ1) is 7.38. The van der Waals surface area contributed by atoms with Gasteiger partial charge in [0.1, 0.15) is 5.82 Å². The van der Waals surface area contributed by atoms with Gasteiger partial charge in [0.2, 0.25) is 0 Å². The quantitative estimate of drug-likeness (QED) is 0.879. The van der Waals surface area contributed by atoms with E-state index in [1.165, 1.54) is 18.2 Å². The second-order valence-electron chi connectivity index (χ2n) is 3.74. The van der Waals surface area contributed by atoms with E-state index in [1.54, 1.807) is 13.0 Å². The Morgan fingerprint density at radius 2 is 1.94 bits per heavy atom. The molecule has 0 saturated heterocycles. The van der Waals surface area contributed by atoms with Crippen LogP contribution in [0.5, 0.6) is 0 Å². The van der Waals surface area contributed by atoms with E-state index in [1.807, 2.05) is 0 Å². The van der Waals surface area contributed by atoms with Crippen LogP contribution in [0.4, 0.5) is 4.39 Å². The highest BCUT2D eigenvalue weighted by molar-refractivity contribution is 7.91. The molecule has 90 valence electrons. The monoisotopic (exact) mass is 246 g/mol. The van der Waals surface area contributed by atoms with Gasteiger partial charge in [-0.1, -0.05) is 25.1 Å². The first kappa shape index (κ1) is 13.1. The van der Waals surface area contributed by atoms with Gasteiger partial charge in [-0.3, -0.25) is 0 Å². The lowest BCUT2D eigenvalue weighted by molar-refractivity contribution is 0.164. The Hall–Kier alpha value is -0.940. The van der Waals surface area contributed by atoms with Crippen molar-refractivity contribution in [1.29, 1.82) is 0 Å². The third-order valence-electron chi connectivity index (χ3n) is 2.53. The van der Waals surface area contributed by atoms with Crippen LogP contribution in [0.1, 0.15) is 25.0 Å². The van der Waals surface area contributed by atoms with Gasteiger partial charge in [0.15, 0.2) is 9.84 Å². The molecule has 0 aliphatic carbocycles. The van der Waals surface area contributed by atoms with Gasteiger partial charge in [0, 0.05) is 11.8 Å². The van der Waals surface area contributed by atoms with Gasteiger partial charge < -0.3 is 5.11 Å². The molecule has 0 bridgehead atoms. The Labute approximate surface area is 94.8 Å². The molecule has 1 N–H and O–H groups in total. The molecule has 0 heterocycles. The average molecular weight is 246 g/mol. The Morgan fingerprint density at radius 3 is 2.38 bits per heavy atom. The molecule has 0 spiro atoms. The van der Waals surface area contributed by atoms with Crippen molar-refractivity contribution in [2.75, 3.05) is 6.26 Å². The molecular formula is C11H15FO3S. The summed E-state index contributed by atoms with van der Waals surface area (Å²) in [5.74, 6) is -0.586. The maximum absolute atomic E-state index is 13.4. The Bertz CT molecular complexity index is 456. The van der Waals surface area contributed by atoms with E-state index in [0.29, 0.717) is 0 Å². The normalized spacial score (nSPS) is 15.8. The molecule has 3 nitrogen and oxygen atoms in total. The molecule has 0 aliphatic heterocycles. The molecule has 0 unspecified atom stereocenters. The van der Waals surface area contributed by atoms with E-state index in [-0.39, 0.29) is 12.0 Å². The lowest BCUT2D eigenvalue weighted by atomic mass is 10.0. The van der Waals surface area contributed by atoms with Gasteiger partial charge in [0.05, 0.1) is 11.4 Å². The molecular weight excluding hydrogens is 231 g/mol. The minimum Gasteiger partial charge on any atom is -0.387 e. The van der Waals surface area contributed by atoms with Crippen LogP contribution in [0.15, 0.2) is 24.3 Å². The predicted molar refractivity (Wildman–Crippen MR) is 60.3 cm³/mol. The minimum absolute atomic E-state index is 0.0276. The smallest absolute Gasteiger partial charge is 0.153 e. The van der Waals surface area contributed by atoms with Crippen molar-refractivity contribution in [2.45, 2.75) is 24.7 Å². The highest BCUT2D eigenvalue weighted by atomic mass is 32.2. The fourth-order valence-electron chi connectivity index (χ4n) is 1.68.